The second kappa shape index (κ2) is 6.48. The molecule has 3 rings (SSSR count). The van der Waals surface area contributed by atoms with Crippen molar-refractivity contribution in [3.8, 4) is 0 Å². The van der Waals surface area contributed by atoms with E-state index in [1.165, 1.54) is 24.3 Å². The fraction of sp³-hybridized carbons (Fsp3) is 0.200. The third kappa shape index (κ3) is 3.91. The first kappa shape index (κ1) is 16.8. The van der Waals surface area contributed by atoms with Crippen LogP contribution in [-0.4, -0.2) is 42.3 Å². The van der Waals surface area contributed by atoms with Gasteiger partial charge in [0.05, 0.1) is 16.2 Å². The number of sulfonamides is 1. The zero-order valence-electron chi connectivity index (χ0n) is 13.0. The third-order valence-electron chi connectivity index (χ3n) is 3.69. The normalized spacial score (nSPS) is 18.0. The van der Waals surface area contributed by atoms with Crippen molar-refractivity contribution in [1.29, 1.82) is 0 Å². The summed E-state index contributed by atoms with van der Waals surface area (Å²) >= 11 is 0. The minimum Gasteiger partial charge on any atom is -0.348 e. The van der Waals surface area contributed by atoms with Crippen molar-refractivity contribution in [3.05, 3.63) is 63.9 Å². The van der Waals surface area contributed by atoms with Crippen molar-refractivity contribution in [2.24, 2.45) is 4.40 Å². The molecular formula is C15H14N4O5S. The minimum absolute atomic E-state index is 0.0140. The van der Waals surface area contributed by atoms with Gasteiger partial charge in [-0.3, -0.25) is 14.9 Å². The highest BCUT2D eigenvalue weighted by molar-refractivity contribution is 7.90. The highest BCUT2D eigenvalue weighted by atomic mass is 32.2. The van der Waals surface area contributed by atoms with Gasteiger partial charge < -0.3 is 10.2 Å². The van der Waals surface area contributed by atoms with E-state index in [9.17, 15) is 23.3 Å². The molecule has 10 heteroatoms. The number of amides is 1. The first-order valence-electron chi connectivity index (χ1n) is 7.35. The Bertz CT molecular complexity index is 916. The van der Waals surface area contributed by atoms with Gasteiger partial charge in [-0.25, -0.2) is 8.42 Å². The van der Waals surface area contributed by atoms with Gasteiger partial charge in [0.1, 0.15) is 5.84 Å². The number of carbonyl (C=O) groups excluding carboxylic acids is 1. The number of nitrogens with one attached hydrogen (secondary N) is 1. The Morgan fingerprint density at radius 1 is 1.28 bits per heavy atom. The summed E-state index contributed by atoms with van der Waals surface area (Å²) in [5.74, 6) is -0.140. The van der Waals surface area contributed by atoms with E-state index in [2.05, 4.69) is 9.71 Å². The fourth-order valence-electron chi connectivity index (χ4n) is 2.36. The molecule has 0 aromatic heterocycles. The minimum atomic E-state index is -3.43. The number of rotatable bonds is 4. The second-order valence-electron chi connectivity index (χ2n) is 5.45. The summed E-state index contributed by atoms with van der Waals surface area (Å²) in [4.78, 5) is 24.0. The Labute approximate surface area is 143 Å². The van der Waals surface area contributed by atoms with Crippen LogP contribution in [0.2, 0.25) is 0 Å². The molecule has 0 spiro atoms. The van der Waals surface area contributed by atoms with E-state index in [0.29, 0.717) is 5.57 Å². The van der Waals surface area contributed by atoms with Crippen LogP contribution in [0.1, 0.15) is 5.56 Å². The average molecular weight is 362 g/mol. The van der Waals surface area contributed by atoms with Gasteiger partial charge >= 0.3 is 0 Å². The number of nitro benzene ring substituents is 1. The van der Waals surface area contributed by atoms with Crippen LogP contribution >= 0.6 is 0 Å². The molecular weight excluding hydrogens is 348 g/mol. The molecule has 0 fully saturated rings. The summed E-state index contributed by atoms with van der Waals surface area (Å²) in [6.45, 7) is 0.460. The van der Waals surface area contributed by atoms with Crippen LogP contribution < -0.4 is 5.32 Å². The molecule has 1 aromatic carbocycles. The maximum absolute atomic E-state index is 12.2. The molecule has 1 N–H and O–H groups in total. The predicted molar refractivity (Wildman–Crippen MR) is 90.1 cm³/mol. The standard InChI is InChI=1S/C15H14N4O5S/c20-15(16-9-11-1-4-13(5-2-11)19(21)22)12-3-6-14-17-25(23,24)8-7-18(14)10-12/h1-6,10H,7-9H2,(H,16,20). The molecule has 130 valence electrons. The number of hydrogen-bond acceptors (Lipinski definition) is 6. The van der Waals surface area contributed by atoms with Gasteiger partial charge in [0.15, 0.2) is 0 Å². The van der Waals surface area contributed by atoms with E-state index in [1.807, 2.05) is 0 Å². The average Bonchev–Trinajstić information content (AvgIpc) is 2.58. The van der Waals surface area contributed by atoms with Gasteiger partial charge in [0.2, 0.25) is 0 Å². The SMILES string of the molecule is O=C(NCc1ccc([N+](=O)[O-])cc1)C1=CN2CCS(=O)(=O)N=C2C=C1. The summed E-state index contributed by atoms with van der Waals surface area (Å²) in [6.07, 6.45) is 4.54. The fourth-order valence-corrected chi connectivity index (χ4v) is 3.32. The molecule has 0 saturated carbocycles. The highest BCUT2D eigenvalue weighted by Crippen LogP contribution is 2.16. The zero-order valence-corrected chi connectivity index (χ0v) is 13.8. The number of nitrogens with zero attached hydrogens (tertiary/aromatic N) is 3. The summed E-state index contributed by atoms with van der Waals surface area (Å²) < 4.78 is 26.6. The van der Waals surface area contributed by atoms with Gasteiger partial charge in [-0.1, -0.05) is 12.1 Å². The van der Waals surface area contributed by atoms with Crippen molar-refractivity contribution >= 4 is 27.5 Å². The molecule has 0 saturated heterocycles. The van der Waals surface area contributed by atoms with Crippen LogP contribution in [0.25, 0.3) is 0 Å². The quantitative estimate of drug-likeness (QED) is 0.622. The number of fused-ring (bicyclic) bond motifs is 1. The van der Waals surface area contributed by atoms with Crippen LogP contribution in [0.15, 0.2) is 52.6 Å². The summed E-state index contributed by atoms with van der Waals surface area (Å²) in [5.41, 5.74) is 1.09. The maximum atomic E-state index is 12.2. The van der Waals surface area contributed by atoms with Crippen molar-refractivity contribution < 1.29 is 18.1 Å². The van der Waals surface area contributed by atoms with Crippen LogP contribution in [0, 0.1) is 10.1 Å². The topological polar surface area (TPSA) is 122 Å². The van der Waals surface area contributed by atoms with Crippen molar-refractivity contribution in [1.82, 2.24) is 10.2 Å². The molecule has 1 amide bonds. The smallest absolute Gasteiger partial charge is 0.269 e. The molecule has 2 heterocycles. The first-order chi connectivity index (χ1) is 11.8. The lowest BCUT2D eigenvalue weighted by Gasteiger charge is -2.26. The van der Waals surface area contributed by atoms with E-state index in [0.717, 1.165) is 5.56 Å². The summed E-state index contributed by atoms with van der Waals surface area (Å²) in [7, 11) is -3.43. The van der Waals surface area contributed by atoms with Crippen LogP contribution in [0.3, 0.4) is 0 Å². The van der Waals surface area contributed by atoms with Crippen LogP contribution in [-0.2, 0) is 21.4 Å². The van der Waals surface area contributed by atoms with E-state index >= 15 is 0 Å². The maximum Gasteiger partial charge on any atom is 0.269 e. The lowest BCUT2D eigenvalue weighted by molar-refractivity contribution is -0.384. The highest BCUT2D eigenvalue weighted by Gasteiger charge is 2.24. The van der Waals surface area contributed by atoms with E-state index < -0.39 is 14.9 Å². The molecule has 2 aliphatic heterocycles. The van der Waals surface area contributed by atoms with E-state index in [1.54, 1.807) is 23.2 Å². The summed E-state index contributed by atoms with van der Waals surface area (Å²) in [5, 5.41) is 13.3. The Balaban J connectivity index is 1.64. The van der Waals surface area contributed by atoms with E-state index in [-0.39, 0.29) is 36.3 Å². The van der Waals surface area contributed by atoms with Gasteiger partial charge in [0, 0.05) is 31.4 Å². The molecule has 9 nitrogen and oxygen atoms in total. The molecule has 0 unspecified atom stereocenters. The number of nitro groups is 1. The van der Waals surface area contributed by atoms with Gasteiger partial charge in [0.25, 0.3) is 21.6 Å². The largest absolute Gasteiger partial charge is 0.348 e. The van der Waals surface area contributed by atoms with Crippen LogP contribution in [0.4, 0.5) is 5.69 Å². The number of carbonyl (C=O) groups is 1. The van der Waals surface area contributed by atoms with Gasteiger partial charge in [-0.15, -0.1) is 4.40 Å². The molecule has 25 heavy (non-hydrogen) atoms. The predicted octanol–water partition coefficient (Wildman–Crippen LogP) is 0.709. The molecule has 0 bridgehead atoms. The molecule has 1 aromatic rings. The molecule has 0 aliphatic carbocycles. The zero-order chi connectivity index (χ0) is 18.0. The Hall–Kier alpha value is -3.01. The number of hydrogen-bond donors (Lipinski definition) is 1. The van der Waals surface area contributed by atoms with Crippen molar-refractivity contribution in [2.45, 2.75) is 6.54 Å². The molecule has 2 aliphatic rings. The number of benzene rings is 1. The third-order valence-corrected chi connectivity index (χ3v) is 4.85. The van der Waals surface area contributed by atoms with E-state index in [4.69, 9.17) is 0 Å². The second-order valence-corrected chi connectivity index (χ2v) is 7.21. The lowest BCUT2D eigenvalue weighted by Crippen LogP contribution is -2.38. The molecule has 0 radical (unpaired) electrons. The Morgan fingerprint density at radius 3 is 2.68 bits per heavy atom. The molecule has 0 atom stereocenters. The Kier molecular flexibility index (Phi) is 4.36. The first-order valence-corrected chi connectivity index (χ1v) is 8.96. The lowest BCUT2D eigenvalue weighted by atomic mass is 10.1. The van der Waals surface area contributed by atoms with Gasteiger partial charge in [-0.2, -0.15) is 0 Å². The Morgan fingerprint density at radius 2 is 2.00 bits per heavy atom. The monoisotopic (exact) mass is 362 g/mol. The number of non-ortho nitro benzene ring substituents is 1. The van der Waals surface area contributed by atoms with Crippen LogP contribution in [0.5, 0.6) is 0 Å². The number of amidine groups is 1. The summed E-state index contributed by atoms with van der Waals surface area (Å²) in [6, 6.07) is 5.89. The van der Waals surface area contributed by atoms with Crippen molar-refractivity contribution in [2.75, 3.05) is 12.3 Å². The van der Waals surface area contributed by atoms with Gasteiger partial charge in [-0.05, 0) is 17.7 Å². The van der Waals surface area contributed by atoms with Crippen molar-refractivity contribution in [3.63, 3.8) is 0 Å².